The van der Waals surface area contributed by atoms with Crippen molar-refractivity contribution in [3.05, 3.63) is 0 Å². The highest BCUT2D eigenvalue weighted by molar-refractivity contribution is 7.92. The maximum Gasteiger partial charge on any atom is 0.508 e. The van der Waals surface area contributed by atoms with E-state index < -0.39 is 40.0 Å². The van der Waals surface area contributed by atoms with Crippen LogP contribution in [0.2, 0.25) is 0 Å². The molecule has 1 fully saturated rings. The van der Waals surface area contributed by atoms with E-state index in [4.69, 9.17) is 0 Å². The van der Waals surface area contributed by atoms with Crippen molar-refractivity contribution in [2.75, 3.05) is 12.4 Å². The van der Waals surface area contributed by atoms with Crippen LogP contribution in [0.15, 0.2) is 0 Å². The first-order valence-electron chi connectivity index (χ1n) is 3.35. The highest BCUT2D eigenvalue weighted by Gasteiger charge is 2.48. The van der Waals surface area contributed by atoms with Crippen LogP contribution in [0.3, 0.4) is 0 Å². The van der Waals surface area contributed by atoms with Crippen molar-refractivity contribution in [2.24, 2.45) is 0 Å². The van der Waals surface area contributed by atoms with Gasteiger partial charge in [0, 0.05) is 0 Å². The minimum Gasteiger partial charge on any atom is -0.430 e. The molecule has 0 aromatic carbocycles. The average molecular weight is 234 g/mol. The number of alkyl halides is 3. The van der Waals surface area contributed by atoms with E-state index in [9.17, 15) is 26.4 Å². The molecule has 1 atom stereocenters. The van der Waals surface area contributed by atoms with E-state index in [0.717, 1.165) is 0 Å². The van der Waals surface area contributed by atoms with Gasteiger partial charge in [-0.15, -0.1) is 0 Å². The van der Waals surface area contributed by atoms with Crippen LogP contribution in [0.1, 0.15) is 0 Å². The summed E-state index contributed by atoms with van der Waals surface area (Å²) in [6.07, 6.45) is -2.54. The van der Waals surface area contributed by atoms with Gasteiger partial charge in [-0.1, -0.05) is 0 Å². The second kappa shape index (κ2) is 3.30. The van der Waals surface area contributed by atoms with Crippen molar-refractivity contribution < 1.29 is 35.9 Å². The first-order valence-corrected chi connectivity index (χ1v) is 5.00. The SMILES string of the molecule is O=C1OCC(CS(=O)(=O)C(F)(F)F)O1. The topological polar surface area (TPSA) is 69.7 Å². The van der Waals surface area contributed by atoms with Crippen molar-refractivity contribution in [3.8, 4) is 0 Å². The molecule has 0 aromatic heterocycles. The Balaban J connectivity index is 2.65. The van der Waals surface area contributed by atoms with E-state index >= 15 is 0 Å². The lowest BCUT2D eigenvalue weighted by molar-refractivity contribution is -0.0442. The summed E-state index contributed by atoms with van der Waals surface area (Å²) in [5.74, 6) is -1.30. The van der Waals surface area contributed by atoms with E-state index in [2.05, 4.69) is 9.47 Å². The zero-order valence-corrected chi connectivity index (χ0v) is 7.39. The van der Waals surface area contributed by atoms with Crippen LogP contribution in [0, 0.1) is 0 Å². The largest absolute Gasteiger partial charge is 0.508 e. The number of ether oxygens (including phenoxy) is 2. The standard InChI is InChI=1S/C5H5F3O5S/c6-5(7,8)14(10,11)2-3-1-12-4(9)13-3/h3H,1-2H2. The van der Waals surface area contributed by atoms with Crippen LogP contribution in [0.25, 0.3) is 0 Å². The predicted octanol–water partition coefficient (Wildman–Crippen LogP) is 0.456. The molecule has 0 amide bonds. The van der Waals surface area contributed by atoms with Crippen molar-refractivity contribution in [1.82, 2.24) is 0 Å². The van der Waals surface area contributed by atoms with Gasteiger partial charge in [-0.25, -0.2) is 13.2 Å². The van der Waals surface area contributed by atoms with E-state index in [-0.39, 0.29) is 0 Å². The number of hydrogen-bond acceptors (Lipinski definition) is 5. The van der Waals surface area contributed by atoms with Gasteiger partial charge in [0.05, 0.1) is 5.75 Å². The summed E-state index contributed by atoms with van der Waals surface area (Å²) in [6, 6.07) is 0. The number of carbonyl (C=O) groups is 1. The van der Waals surface area contributed by atoms with Crippen LogP contribution in [0.4, 0.5) is 18.0 Å². The molecule has 1 saturated heterocycles. The van der Waals surface area contributed by atoms with Gasteiger partial charge in [0.2, 0.25) is 0 Å². The van der Waals surface area contributed by atoms with Crippen LogP contribution in [-0.4, -0.2) is 38.5 Å². The highest BCUT2D eigenvalue weighted by atomic mass is 32.2. The molecule has 0 spiro atoms. The molecule has 0 bridgehead atoms. The molecule has 1 unspecified atom stereocenters. The summed E-state index contributed by atoms with van der Waals surface area (Å²) < 4.78 is 64.8. The molecule has 5 nitrogen and oxygen atoms in total. The zero-order valence-electron chi connectivity index (χ0n) is 6.57. The fourth-order valence-corrected chi connectivity index (χ4v) is 1.63. The molecule has 0 N–H and O–H groups in total. The fourth-order valence-electron chi connectivity index (χ4n) is 0.786. The normalized spacial score (nSPS) is 23.1. The third-order valence-electron chi connectivity index (χ3n) is 1.41. The van der Waals surface area contributed by atoms with E-state index in [1.807, 2.05) is 0 Å². The van der Waals surface area contributed by atoms with E-state index in [0.29, 0.717) is 0 Å². The quantitative estimate of drug-likeness (QED) is 0.649. The van der Waals surface area contributed by atoms with Crippen LogP contribution in [0.5, 0.6) is 0 Å². The van der Waals surface area contributed by atoms with Gasteiger partial charge in [-0.2, -0.15) is 13.2 Å². The molecule has 14 heavy (non-hydrogen) atoms. The molecule has 1 heterocycles. The second-order valence-corrected chi connectivity index (χ2v) is 4.55. The van der Waals surface area contributed by atoms with Crippen LogP contribution in [-0.2, 0) is 19.3 Å². The Morgan fingerprint density at radius 1 is 1.43 bits per heavy atom. The first-order chi connectivity index (χ1) is 6.22. The molecule has 9 heteroatoms. The predicted molar refractivity (Wildman–Crippen MR) is 36.1 cm³/mol. The molecular weight excluding hydrogens is 229 g/mol. The third kappa shape index (κ3) is 2.28. The monoisotopic (exact) mass is 234 g/mol. The second-order valence-electron chi connectivity index (χ2n) is 2.53. The fraction of sp³-hybridized carbons (Fsp3) is 0.800. The Labute approximate surface area is 76.7 Å². The van der Waals surface area contributed by atoms with Crippen molar-refractivity contribution in [3.63, 3.8) is 0 Å². The zero-order chi connectivity index (χ0) is 11.0. The van der Waals surface area contributed by atoms with Gasteiger partial charge in [0.1, 0.15) is 6.61 Å². The Kier molecular flexibility index (Phi) is 2.61. The molecule has 0 aliphatic carbocycles. The molecule has 1 aliphatic rings. The summed E-state index contributed by atoms with van der Waals surface area (Å²) in [5, 5.41) is 0. The van der Waals surface area contributed by atoms with Gasteiger partial charge in [0.25, 0.3) is 9.84 Å². The number of sulfone groups is 1. The maximum absolute atomic E-state index is 11.8. The summed E-state index contributed by atoms with van der Waals surface area (Å²) in [5.41, 5.74) is -5.33. The average Bonchev–Trinajstić information content (AvgIpc) is 2.31. The summed E-state index contributed by atoms with van der Waals surface area (Å²) in [6.45, 7) is -0.478. The van der Waals surface area contributed by atoms with Crippen LogP contribution >= 0.6 is 0 Å². The number of rotatable bonds is 2. The Bertz CT molecular complexity index is 332. The highest BCUT2D eigenvalue weighted by Crippen LogP contribution is 2.25. The summed E-state index contributed by atoms with van der Waals surface area (Å²) in [7, 11) is -5.26. The van der Waals surface area contributed by atoms with Gasteiger partial charge in [-0.3, -0.25) is 0 Å². The summed E-state index contributed by atoms with van der Waals surface area (Å²) >= 11 is 0. The number of cyclic esters (lactones) is 2. The molecule has 0 aromatic rings. The van der Waals surface area contributed by atoms with E-state index in [1.54, 1.807) is 0 Å². The van der Waals surface area contributed by atoms with Crippen molar-refractivity contribution in [2.45, 2.75) is 11.6 Å². The van der Waals surface area contributed by atoms with Gasteiger partial charge in [0.15, 0.2) is 6.10 Å². The molecular formula is C5H5F3O5S. The minimum absolute atomic E-state index is 0.478. The number of carbonyl (C=O) groups excluding carboxylic acids is 1. The third-order valence-corrected chi connectivity index (χ3v) is 2.92. The molecule has 0 radical (unpaired) electrons. The Morgan fingerprint density at radius 2 is 2.00 bits per heavy atom. The first kappa shape index (κ1) is 11.1. The van der Waals surface area contributed by atoms with Crippen LogP contribution < -0.4 is 0 Å². The van der Waals surface area contributed by atoms with Crippen molar-refractivity contribution >= 4 is 16.0 Å². The lowest BCUT2D eigenvalue weighted by atomic mass is 10.4. The number of hydrogen-bond donors (Lipinski definition) is 0. The minimum atomic E-state index is -5.33. The van der Waals surface area contributed by atoms with Gasteiger partial charge < -0.3 is 9.47 Å². The van der Waals surface area contributed by atoms with Crippen molar-refractivity contribution in [1.29, 1.82) is 0 Å². The Hall–Kier alpha value is -0.990. The summed E-state index contributed by atoms with van der Waals surface area (Å²) in [4.78, 5) is 10.3. The molecule has 82 valence electrons. The lowest BCUT2D eigenvalue weighted by Crippen LogP contribution is -2.33. The van der Waals surface area contributed by atoms with E-state index in [1.165, 1.54) is 0 Å². The smallest absolute Gasteiger partial charge is 0.430 e. The van der Waals surface area contributed by atoms with Gasteiger partial charge in [-0.05, 0) is 0 Å². The molecule has 1 rings (SSSR count). The number of halogens is 3. The Morgan fingerprint density at radius 3 is 2.36 bits per heavy atom. The molecule has 1 aliphatic heterocycles. The lowest BCUT2D eigenvalue weighted by Gasteiger charge is -2.09. The maximum atomic E-state index is 11.8. The van der Waals surface area contributed by atoms with Gasteiger partial charge >= 0.3 is 11.7 Å². The molecule has 0 saturated carbocycles.